The number of methoxy groups -OCH3 is 1. The Morgan fingerprint density at radius 3 is 2.77 bits per heavy atom. The van der Waals surface area contributed by atoms with Gasteiger partial charge in [0.15, 0.2) is 9.84 Å². The van der Waals surface area contributed by atoms with Gasteiger partial charge in [-0.25, -0.2) is 13.4 Å². The minimum atomic E-state index is -4.47. The second kappa shape index (κ2) is 10.4. The highest BCUT2D eigenvalue weighted by Gasteiger charge is 2.32. The molecule has 4 aromatic rings. The number of aromatic amines is 1. The average Bonchev–Trinajstić information content (AvgIpc) is 3.47. The Labute approximate surface area is 229 Å². The van der Waals surface area contributed by atoms with E-state index < -0.39 is 22.4 Å². The third kappa shape index (κ3) is 5.44. The number of hydrogen-bond acceptors (Lipinski definition) is 7. The number of sulfone groups is 1. The van der Waals surface area contributed by atoms with Crippen LogP contribution in [0, 0.1) is 11.8 Å². The number of alkyl halides is 3. The monoisotopic (exact) mass is 572 g/mol. The third-order valence-electron chi connectivity index (χ3n) is 6.66. The Balaban J connectivity index is 1.50. The Kier molecular flexibility index (Phi) is 7.14. The lowest BCUT2D eigenvalue weighted by atomic mass is 10.1. The molecule has 0 bridgehead atoms. The highest BCUT2D eigenvalue weighted by Crippen LogP contribution is 2.37. The van der Waals surface area contributed by atoms with Crippen molar-refractivity contribution in [3.63, 3.8) is 0 Å². The first kappa shape index (κ1) is 27.4. The maximum Gasteiger partial charge on any atom is 0.394 e. The molecule has 0 saturated heterocycles. The number of nitrogens with zero attached hydrogens (tertiary/aromatic N) is 4. The molecule has 1 aliphatic heterocycles. The molecule has 13 heteroatoms. The predicted molar refractivity (Wildman–Crippen MR) is 146 cm³/mol. The molecule has 5 rings (SSSR count). The van der Waals surface area contributed by atoms with Gasteiger partial charge in [0.1, 0.15) is 17.1 Å². The quantitative estimate of drug-likeness (QED) is 0.336. The first-order valence-electron chi connectivity index (χ1n) is 12.4. The average molecular weight is 573 g/mol. The maximum absolute atomic E-state index is 13.6. The van der Waals surface area contributed by atoms with E-state index in [0.29, 0.717) is 28.3 Å². The molecule has 1 aromatic carbocycles. The van der Waals surface area contributed by atoms with Gasteiger partial charge in [-0.2, -0.15) is 18.3 Å². The van der Waals surface area contributed by atoms with Crippen LogP contribution in [0.5, 0.6) is 5.75 Å². The second-order valence-corrected chi connectivity index (χ2v) is 11.5. The molecule has 2 N–H and O–H groups in total. The summed E-state index contributed by atoms with van der Waals surface area (Å²) in [5, 5.41) is 10.5. The summed E-state index contributed by atoms with van der Waals surface area (Å²) in [5.41, 5.74) is 3.98. The molecule has 0 fully saturated rings. The zero-order valence-electron chi connectivity index (χ0n) is 22.1. The third-order valence-corrected chi connectivity index (χ3v) is 7.77. The van der Waals surface area contributed by atoms with E-state index in [1.54, 1.807) is 24.4 Å². The van der Waals surface area contributed by atoms with Crippen LogP contribution in [0.25, 0.3) is 16.9 Å². The lowest BCUT2D eigenvalue weighted by molar-refractivity contribution is -0.128. The van der Waals surface area contributed by atoms with Gasteiger partial charge >= 0.3 is 6.18 Å². The largest absolute Gasteiger partial charge is 0.495 e. The van der Waals surface area contributed by atoms with Crippen molar-refractivity contribution < 1.29 is 26.3 Å². The summed E-state index contributed by atoms with van der Waals surface area (Å²) < 4.78 is 71.2. The van der Waals surface area contributed by atoms with Crippen LogP contribution < -0.4 is 15.0 Å². The zero-order valence-corrected chi connectivity index (χ0v) is 22.9. The number of halogens is 3. The summed E-state index contributed by atoms with van der Waals surface area (Å²) in [6.07, 6.45) is -1.23. The molecule has 0 atom stereocenters. The van der Waals surface area contributed by atoms with Crippen molar-refractivity contribution in [1.82, 2.24) is 19.6 Å². The minimum absolute atomic E-state index is 0.0210. The molecule has 1 aliphatic rings. The molecule has 0 saturated carbocycles. The van der Waals surface area contributed by atoms with Crippen LogP contribution in [0.3, 0.4) is 0 Å². The van der Waals surface area contributed by atoms with Gasteiger partial charge in [0.2, 0.25) is 0 Å². The molecule has 0 spiro atoms. The predicted octanol–water partition coefficient (Wildman–Crippen LogP) is 4.09. The van der Waals surface area contributed by atoms with Crippen molar-refractivity contribution in [3.8, 4) is 28.8 Å². The highest BCUT2D eigenvalue weighted by molar-refractivity contribution is 7.90. The normalized spacial score (nSPS) is 13.6. The summed E-state index contributed by atoms with van der Waals surface area (Å²) in [6.45, 7) is 0.904. The van der Waals surface area contributed by atoms with E-state index in [1.165, 1.54) is 23.6 Å². The Bertz CT molecular complexity index is 1750. The molecular formula is C27H27F3N6O3S. The number of fused-ring (bicyclic) bond motifs is 2. The lowest BCUT2D eigenvalue weighted by Crippen LogP contribution is -2.24. The fourth-order valence-corrected chi connectivity index (χ4v) is 5.46. The Morgan fingerprint density at radius 2 is 2.05 bits per heavy atom. The summed E-state index contributed by atoms with van der Waals surface area (Å²) in [4.78, 5) is 6.73. The van der Waals surface area contributed by atoms with Crippen molar-refractivity contribution in [2.45, 2.75) is 30.3 Å². The van der Waals surface area contributed by atoms with E-state index in [2.05, 4.69) is 37.2 Å². The summed E-state index contributed by atoms with van der Waals surface area (Å²) in [6, 6.07) is 7.86. The number of anilines is 2. The van der Waals surface area contributed by atoms with Gasteiger partial charge < -0.3 is 19.4 Å². The van der Waals surface area contributed by atoms with Gasteiger partial charge in [0, 0.05) is 37.7 Å². The van der Waals surface area contributed by atoms with Gasteiger partial charge in [-0.1, -0.05) is 5.92 Å². The van der Waals surface area contributed by atoms with Gasteiger partial charge in [-0.15, -0.1) is 0 Å². The molecule has 0 unspecified atom stereocenters. The topological polar surface area (TPSA) is 105 Å². The number of aryl methyl sites for hydroxylation is 1. The molecule has 9 nitrogen and oxygen atoms in total. The van der Waals surface area contributed by atoms with Crippen molar-refractivity contribution >= 4 is 26.9 Å². The van der Waals surface area contributed by atoms with Gasteiger partial charge in [-0.05, 0) is 43.0 Å². The van der Waals surface area contributed by atoms with Crippen LogP contribution in [0.15, 0.2) is 41.4 Å². The molecule has 0 aliphatic carbocycles. The van der Waals surface area contributed by atoms with Crippen LogP contribution in [0.1, 0.15) is 23.5 Å². The van der Waals surface area contributed by atoms with Crippen molar-refractivity contribution in [2.75, 3.05) is 43.7 Å². The molecule has 40 heavy (non-hydrogen) atoms. The number of H-pyrrole nitrogens is 1. The van der Waals surface area contributed by atoms with Crippen LogP contribution in [-0.2, 0) is 22.7 Å². The lowest BCUT2D eigenvalue weighted by Gasteiger charge is -2.24. The number of aromatic nitrogens is 4. The summed E-state index contributed by atoms with van der Waals surface area (Å²) in [7, 11) is -0.0504. The summed E-state index contributed by atoms with van der Waals surface area (Å²) >= 11 is 0. The fourth-order valence-electron chi connectivity index (χ4n) is 4.83. The van der Waals surface area contributed by atoms with E-state index in [9.17, 15) is 21.6 Å². The van der Waals surface area contributed by atoms with Crippen LogP contribution >= 0.6 is 0 Å². The van der Waals surface area contributed by atoms with Crippen LogP contribution in [0.4, 0.5) is 24.5 Å². The smallest absolute Gasteiger partial charge is 0.394 e. The van der Waals surface area contributed by atoms with E-state index in [0.717, 1.165) is 37.0 Å². The van der Waals surface area contributed by atoms with E-state index >= 15 is 0 Å². The maximum atomic E-state index is 13.6. The summed E-state index contributed by atoms with van der Waals surface area (Å²) in [5.74, 6) is 5.93. The van der Waals surface area contributed by atoms with Crippen molar-refractivity contribution in [2.24, 2.45) is 0 Å². The first-order chi connectivity index (χ1) is 19.0. The van der Waals surface area contributed by atoms with Gasteiger partial charge in [-0.3, -0.25) is 5.10 Å². The van der Waals surface area contributed by atoms with Crippen molar-refractivity contribution in [1.29, 1.82) is 0 Å². The van der Waals surface area contributed by atoms with Gasteiger partial charge in [0.05, 0.1) is 53.4 Å². The van der Waals surface area contributed by atoms with E-state index in [-0.39, 0.29) is 22.8 Å². The molecular weight excluding hydrogens is 545 g/mol. The van der Waals surface area contributed by atoms with E-state index in [1.807, 2.05) is 7.05 Å². The molecule has 0 amide bonds. The number of nitrogens with one attached hydrogen (secondary N) is 2. The minimum Gasteiger partial charge on any atom is -0.495 e. The van der Waals surface area contributed by atoms with Crippen LogP contribution in [0.2, 0.25) is 0 Å². The SMILES string of the molecule is COc1cc(S(C)(=O)=O)ccc1NCC#Cc1nc2c(-c3[nH]nc4c3N(C)CCC4)cccn2c1CC(F)(F)F. The molecule has 210 valence electrons. The number of hydrogen-bond donors (Lipinski definition) is 2. The number of ether oxygens (including phenoxy) is 1. The highest BCUT2D eigenvalue weighted by atomic mass is 32.2. The van der Waals surface area contributed by atoms with E-state index in [4.69, 9.17) is 4.74 Å². The number of pyridine rings is 1. The Morgan fingerprint density at radius 1 is 1.25 bits per heavy atom. The second-order valence-electron chi connectivity index (χ2n) is 9.52. The number of benzene rings is 1. The molecule has 0 radical (unpaired) electrons. The standard InChI is InChI=1S/C27H27F3N6O3S/c1-35-13-6-9-21-25(35)24(34-33-21)18-7-5-14-36-22(16-27(28,29)30)19(32-26(18)36)8-4-12-31-20-11-10-17(40(3,37)38)15-23(20)39-2/h5,7,10-11,14-15,31H,6,9,12-13,16H2,1-3H3,(H,33,34). The molecule has 4 heterocycles. The van der Waals surface area contributed by atoms with Gasteiger partial charge in [0.25, 0.3) is 0 Å². The zero-order chi connectivity index (χ0) is 28.7. The first-order valence-corrected chi connectivity index (χ1v) is 14.3. The van der Waals surface area contributed by atoms with Crippen molar-refractivity contribution in [3.05, 3.63) is 53.6 Å². The number of rotatable bonds is 6. The molecule has 3 aromatic heterocycles. The van der Waals surface area contributed by atoms with Crippen LogP contribution in [-0.4, -0.2) is 67.7 Å². The fraction of sp³-hybridized carbons (Fsp3) is 0.333. The number of imidazole rings is 1. The Hall–Kier alpha value is -4.18.